The van der Waals surface area contributed by atoms with Crippen LogP contribution in [0, 0.1) is 11.8 Å². The Morgan fingerprint density at radius 3 is 2.32 bits per heavy atom. The molecule has 0 aromatic carbocycles. The van der Waals surface area contributed by atoms with Crippen molar-refractivity contribution in [3.05, 3.63) is 24.8 Å². The van der Waals surface area contributed by atoms with Crippen molar-refractivity contribution in [1.29, 1.82) is 0 Å². The number of aldehydes is 1. The van der Waals surface area contributed by atoms with Crippen LogP contribution in [-0.2, 0) is 19.2 Å². The Hall–Kier alpha value is -1.95. The molecular weight excluding hydrogens is 394 g/mol. The largest absolute Gasteiger partial charge is 0.396 e. The predicted octanol–water partition coefficient (Wildman–Crippen LogP) is 5.21. The molecule has 0 bridgehead atoms. The summed E-state index contributed by atoms with van der Waals surface area (Å²) in [6.45, 7) is 5.51. The summed E-state index contributed by atoms with van der Waals surface area (Å²) in [7, 11) is 0. The number of hydrogen-bond donors (Lipinski definition) is 2. The zero-order valence-electron chi connectivity index (χ0n) is 19.4. The number of unbranched alkanes of at least 4 members (excludes halogenated alkanes) is 7. The summed E-state index contributed by atoms with van der Waals surface area (Å²) >= 11 is 0. The molecule has 0 aromatic rings. The molecule has 1 amide bonds. The SMILES string of the molecule is C=CC(=O)ONC(=O)C(CCCO)CCCCCCC=CCC(C=O)CCCCCC. The lowest BCUT2D eigenvalue weighted by atomic mass is 9.95. The average Bonchev–Trinajstić information content (AvgIpc) is 2.79. The van der Waals surface area contributed by atoms with Crippen LogP contribution in [0.3, 0.4) is 0 Å². The van der Waals surface area contributed by atoms with Crippen molar-refractivity contribution in [1.82, 2.24) is 5.48 Å². The molecule has 0 saturated heterocycles. The Morgan fingerprint density at radius 1 is 0.968 bits per heavy atom. The maximum Gasteiger partial charge on any atom is 0.355 e. The van der Waals surface area contributed by atoms with E-state index in [-0.39, 0.29) is 24.3 Å². The molecule has 2 unspecified atom stereocenters. The molecule has 0 heterocycles. The van der Waals surface area contributed by atoms with Crippen LogP contribution >= 0.6 is 0 Å². The molecule has 0 saturated carbocycles. The lowest BCUT2D eigenvalue weighted by Crippen LogP contribution is -2.32. The summed E-state index contributed by atoms with van der Waals surface area (Å²) in [4.78, 5) is 39.0. The van der Waals surface area contributed by atoms with Crippen molar-refractivity contribution >= 4 is 18.2 Å². The molecule has 6 heteroatoms. The quantitative estimate of drug-likeness (QED) is 0.0897. The molecular formula is C25H43NO5. The van der Waals surface area contributed by atoms with E-state index in [4.69, 9.17) is 5.11 Å². The molecule has 6 nitrogen and oxygen atoms in total. The van der Waals surface area contributed by atoms with E-state index in [0.717, 1.165) is 63.7 Å². The van der Waals surface area contributed by atoms with E-state index in [1.807, 2.05) is 0 Å². The molecule has 0 rings (SSSR count). The van der Waals surface area contributed by atoms with E-state index >= 15 is 0 Å². The molecule has 2 atom stereocenters. The minimum atomic E-state index is -0.696. The topological polar surface area (TPSA) is 92.7 Å². The summed E-state index contributed by atoms with van der Waals surface area (Å²) in [5.74, 6) is -1.15. The van der Waals surface area contributed by atoms with Crippen LogP contribution in [-0.4, -0.2) is 29.9 Å². The zero-order valence-corrected chi connectivity index (χ0v) is 19.4. The third-order valence-electron chi connectivity index (χ3n) is 5.40. The number of carbonyl (C=O) groups excluding carboxylic acids is 3. The summed E-state index contributed by atoms with van der Waals surface area (Å²) in [6.07, 6.45) is 20.0. The zero-order chi connectivity index (χ0) is 23.2. The van der Waals surface area contributed by atoms with E-state index in [9.17, 15) is 14.4 Å². The highest BCUT2D eigenvalue weighted by Gasteiger charge is 2.18. The van der Waals surface area contributed by atoms with Crippen molar-refractivity contribution in [2.75, 3.05) is 6.61 Å². The third-order valence-corrected chi connectivity index (χ3v) is 5.40. The first-order valence-corrected chi connectivity index (χ1v) is 11.9. The fourth-order valence-electron chi connectivity index (χ4n) is 3.44. The first kappa shape index (κ1) is 29.1. The summed E-state index contributed by atoms with van der Waals surface area (Å²) in [5, 5.41) is 9.02. The highest BCUT2D eigenvalue weighted by atomic mass is 16.7. The monoisotopic (exact) mass is 437 g/mol. The van der Waals surface area contributed by atoms with Gasteiger partial charge in [0.2, 0.25) is 0 Å². The van der Waals surface area contributed by atoms with Gasteiger partial charge in [0.05, 0.1) is 0 Å². The van der Waals surface area contributed by atoms with Crippen LogP contribution in [0.25, 0.3) is 0 Å². The highest BCUT2D eigenvalue weighted by molar-refractivity contribution is 5.84. The van der Waals surface area contributed by atoms with Gasteiger partial charge in [0.1, 0.15) is 6.29 Å². The summed E-state index contributed by atoms with van der Waals surface area (Å²) < 4.78 is 0. The van der Waals surface area contributed by atoms with Gasteiger partial charge in [-0.2, -0.15) is 5.48 Å². The number of amides is 1. The normalized spacial score (nSPS) is 13.0. The van der Waals surface area contributed by atoms with E-state index in [2.05, 4.69) is 36.0 Å². The second-order valence-electron chi connectivity index (χ2n) is 8.10. The average molecular weight is 438 g/mol. The molecule has 0 aliphatic heterocycles. The highest BCUT2D eigenvalue weighted by Crippen LogP contribution is 2.18. The lowest BCUT2D eigenvalue weighted by Gasteiger charge is -2.15. The Labute approximate surface area is 188 Å². The number of rotatable bonds is 20. The second-order valence-corrected chi connectivity index (χ2v) is 8.10. The van der Waals surface area contributed by atoms with Gasteiger partial charge in [-0.15, -0.1) is 0 Å². The van der Waals surface area contributed by atoms with Crippen LogP contribution in [0.1, 0.15) is 96.8 Å². The molecule has 0 aliphatic rings. The Bertz CT molecular complexity index is 518. The number of aliphatic hydroxyl groups excluding tert-OH is 1. The van der Waals surface area contributed by atoms with Gasteiger partial charge in [0, 0.05) is 24.5 Å². The number of carbonyl (C=O) groups is 3. The van der Waals surface area contributed by atoms with Crippen molar-refractivity contribution < 1.29 is 24.3 Å². The van der Waals surface area contributed by atoms with E-state index in [1.54, 1.807) is 0 Å². The van der Waals surface area contributed by atoms with Crippen molar-refractivity contribution in [2.24, 2.45) is 11.8 Å². The fourth-order valence-corrected chi connectivity index (χ4v) is 3.44. The van der Waals surface area contributed by atoms with Gasteiger partial charge in [-0.05, 0) is 44.9 Å². The molecule has 0 aliphatic carbocycles. The van der Waals surface area contributed by atoms with E-state index in [0.29, 0.717) is 19.3 Å². The Kier molecular flexibility index (Phi) is 19.9. The summed E-state index contributed by atoms with van der Waals surface area (Å²) in [5.41, 5.74) is 2.17. The molecule has 178 valence electrons. The fraction of sp³-hybridized carbons (Fsp3) is 0.720. The van der Waals surface area contributed by atoms with E-state index in [1.165, 1.54) is 19.3 Å². The molecule has 31 heavy (non-hydrogen) atoms. The number of nitrogens with one attached hydrogen (secondary N) is 1. The third kappa shape index (κ3) is 17.4. The van der Waals surface area contributed by atoms with Crippen molar-refractivity contribution in [3.8, 4) is 0 Å². The van der Waals surface area contributed by atoms with Crippen molar-refractivity contribution in [3.63, 3.8) is 0 Å². The number of hydrogen-bond acceptors (Lipinski definition) is 5. The second kappa shape index (κ2) is 21.3. The van der Waals surface area contributed by atoms with Gasteiger partial charge in [0.25, 0.3) is 5.91 Å². The Balaban J connectivity index is 3.95. The molecule has 0 fully saturated rings. The summed E-state index contributed by atoms with van der Waals surface area (Å²) in [6, 6.07) is 0. The van der Waals surface area contributed by atoms with Gasteiger partial charge < -0.3 is 14.7 Å². The van der Waals surface area contributed by atoms with Gasteiger partial charge in [-0.25, -0.2) is 4.79 Å². The van der Waals surface area contributed by atoms with Crippen molar-refractivity contribution in [2.45, 2.75) is 96.8 Å². The molecule has 2 N–H and O–H groups in total. The first-order valence-electron chi connectivity index (χ1n) is 11.9. The van der Waals surface area contributed by atoms with Crippen LogP contribution in [0.2, 0.25) is 0 Å². The van der Waals surface area contributed by atoms with Gasteiger partial charge in [0.15, 0.2) is 0 Å². The standard InChI is InChI=1S/C25H43NO5/c1-3-5-6-12-16-22(21-28)17-13-10-8-7-9-11-14-18-23(19-15-20-27)25(30)26-31-24(29)4-2/h4,10,13,21-23,27H,2-3,5-9,11-12,14-20H2,1H3,(H,26,30). The first-order chi connectivity index (χ1) is 15.1. The van der Waals surface area contributed by atoms with Crippen LogP contribution < -0.4 is 5.48 Å². The molecule has 0 radical (unpaired) electrons. The van der Waals surface area contributed by atoms with Crippen LogP contribution in [0.15, 0.2) is 24.8 Å². The number of allylic oxidation sites excluding steroid dienone is 2. The van der Waals surface area contributed by atoms with Gasteiger partial charge in [-0.1, -0.05) is 70.6 Å². The Morgan fingerprint density at radius 2 is 1.65 bits per heavy atom. The lowest BCUT2D eigenvalue weighted by molar-refractivity contribution is -0.155. The van der Waals surface area contributed by atoms with Gasteiger partial charge in [-0.3, -0.25) is 4.79 Å². The molecule has 0 aromatic heterocycles. The van der Waals surface area contributed by atoms with Crippen LogP contribution in [0.5, 0.6) is 0 Å². The minimum absolute atomic E-state index is 0.0340. The van der Waals surface area contributed by atoms with Gasteiger partial charge >= 0.3 is 5.97 Å². The number of aliphatic hydroxyl groups is 1. The smallest absolute Gasteiger partial charge is 0.355 e. The predicted molar refractivity (Wildman–Crippen MR) is 124 cm³/mol. The van der Waals surface area contributed by atoms with Crippen LogP contribution in [0.4, 0.5) is 0 Å². The van der Waals surface area contributed by atoms with E-state index < -0.39 is 5.97 Å². The number of hydroxylamine groups is 1. The maximum atomic E-state index is 12.1. The maximum absolute atomic E-state index is 12.1. The minimum Gasteiger partial charge on any atom is -0.396 e. The molecule has 0 spiro atoms.